The molecule has 0 saturated heterocycles. The van der Waals surface area contributed by atoms with Gasteiger partial charge in [0.05, 0.1) is 0 Å². The van der Waals surface area contributed by atoms with Gasteiger partial charge in [-0.25, -0.2) is 4.79 Å². The van der Waals surface area contributed by atoms with Crippen molar-refractivity contribution in [3.05, 3.63) is 12.2 Å². The van der Waals surface area contributed by atoms with Gasteiger partial charge in [0.25, 0.3) is 0 Å². The van der Waals surface area contributed by atoms with Crippen molar-refractivity contribution in [3.63, 3.8) is 0 Å². The number of hydrogen-bond donors (Lipinski definition) is 0. The van der Waals surface area contributed by atoms with Crippen molar-refractivity contribution in [2.24, 2.45) is 17.8 Å². The van der Waals surface area contributed by atoms with Gasteiger partial charge < -0.3 is 4.74 Å². The van der Waals surface area contributed by atoms with Gasteiger partial charge in [0.2, 0.25) is 0 Å². The van der Waals surface area contributed by atoms with Gasteiger partial charge in [-0.2, -0.15) is 0 Å². The minimum atomic E-state index is -0.406. The highest BCUT2D eigenvalue weighted by Crippen LogP contribution is 2.36. The molecule has 0 aromatic carbocycles. The second kappa shape index (κ2) is 6.58. The van der Waals surface area contributed by atoms with E-state index in [4.69, 9.17) is 4.74 Å². The molecule has 2 nitrogen and oxygen atoms in total. The summed E-state index contributed by atoms with van der Waals surface area (Å²) in [6.07, 6.45) is 6.54. The molecule has 0 bridgehead atoms. The summed E-state index contributed by atoms with van der Waals surface area (Å²) in [5, 5.41) is 0. The maximum atomic E-state index is 11.7. The van der Waals surface area contributed by atoms with Gasteiger partial charge in [-0.1, -0.05) is 39.7 Å². The zero-order valence-corrected chi connectivity index (χ0v) is 13.3. The maximum Gasteiger partial charge on any atom is 0.333 e. The van der Waals surface area contributed by atoms with Gasteiger partial charge in [0.15, 0.2) is 0 Å². The molecule has 0 spiro atoms. The van der Waals surface area contributed by atoms with Crippen LogP contribution in [-0.4, -0.2) is 11.6 Å². The minimum Gasteiger partial charge on any atom is -0.456 e. The van der Waals surface area contributed by atoms with Crippen LogP contribution in [0.5, 0.6) is 0 Å². The van der Waals surface area contributed by atoms with E-state index in [-0.39, 0.29) is 5.97 Å². The van der Waals surface area contributed by atoms with Crippen LogP contribution < -0.4 is 0 Å². The van der Waals surface area contributed by atoms with Crippen LogP contribution in [0.15, 0.2) is 12.2 Å². The molecule has 110 valence electrons. The van der Waals surface area contributed by atoms with Gasteiger partial charge in [-0.05, 0) is 51.4 Å². The van der Waals surface area contributed by atoms with Crippen molar-refractivity contribution in [2.75, 3.05) is 0 Å². The summed E-state index contributed by atoms with van der Waals surface area (Å²) >= 11 is 0. The molecule has 1 rings (SSSR count). The van der Waals surface area contributed by atoms with Gasteiger partial charge in [0.1, 0.15) is 5.60 Å². The first-order chi connectivity index (χ1) is 8.72. The van der Waals surface area contributed by atoms with E-state index in [0.29, 0.717) is 11.5 Å². The zero-order valence-electron chi connectivity index (χ0n) is 13.3. The van der Waals surface area contributed by atoms with Crippen molar-refractivity contribution in [1.29, 1.82) is 0 Å². The molecule has 1 saturated carbocycles. The summed E-state index contributed by atoms with van der Waals surface area (Å²) < 4.78 is 5.59. The fourth-order valence-electron chi connectivity index (χ4n) is 2.98. The lowest BCUT2D eigenvalue weighted by Gasteiger charge is -2.36. The first-order valence-corrected chi connectivity index (χ1v) is 7.61. The Kier molecular flexibility index (Phi) is 5.64. The van der Waals surface area contributed by atoms with Crippen LogP contribution in [0.25, 0.3) is 0 Å². The van der Waals surface area contributed by atoms with E-state index in [1.165, 1.54) is 25.7 Å². The molecule has 0 radical (unpaired) electrons. The maximum absolute atomic E-state index is 11.7. The summed E-state index contributed by atoms with van der Waals surface area (Å²) in [7, 11) is 0. The number of ether oxygens (including phenoxy) is 1. The average molecular weight is 266 g/mol. The van der Waals surface area contributed by atoms with E-state index >= 15 is 0 Å². The van der Waals surface area contributed by atoms with Crippen molar-refractivity contribution >= 4 is 5.97 Å². The molecule has 0 N–H and O–H groups in total. The largest absolute Gasteiger partial charge is 0.456 e. The highest BCUT2D eigenvalue weighted by atomic mass is 16.6. The van der Waals surface area contributed by atoms with Crippen molar-refractivity contribution in [1.82, 2.24) is 0 Å². The lowest BCUT2D eigenvalue weighted by atomic mass is 9.75. The molecule has 0 aromatic rings. The van der Waals surface area contributed by atoms with Crippen LogP contribution >= 0.6 is 0 Å². The number of esters is 1. The second-order valence-electron chi connectivity index (χ2n) is 7.05. The van der Waals surface area contributed by atoms with Crippen molar-refractivity contribution in [3.8, 4) is 0 Å². The Labute approximate surface area is 118 Å². The van der Waals surface area contributed by atoms with E-state index in [0.717, 1.165) is 18.3 Å². The molecule has 1 aliphatic rings. The van der Waals surface area contributed by atoms with Crippen LogP contribution in [0, 0.1) is 17.8 Å². The fourth-order valence-corrected chi connectivity index (χ4v) is 2.98. The van der Waals surface area contributed by atoms with Gasteiger partial charge in [0, 0.05) is 5.57 Å². The predicted octanol–water partition coefficient (Wildman–Crippen LogP) is 4.74. The summed E-state index contributed by atoms with van der Waals surface area (Å²) in [6.45, 7) is 13.9. The van der Waals surface area contributed by atoms with Crippen LogP contribution in [0.3, 0.4) is 0 Å². The Morgan fingerprint density at radius 1 is 1.42 bits per heavy atom. The quantitative estimate of drug-likeness (QED) is 0.531. The lowest BCUT2D eigenvalue weighted by molar-refractivity contribution is -0.156. The van der Waals surface area contributed by atoms with Gasteiger partial charge >= 0.3 is 5.97 Å². The van der Waals surface area contributed by atoms with Gasteiger partial charge in [-0.3, -0.25) is 0 Å². The van der Waals surface area contributed by atoms with Crippen LogP contribution in [0.2, 0.25) is 0 Å². The lowest BCUT2D eigenvalue weighted by Crippen LogP contribution is -2.37. The van der Waals surface area contributed by atoms with E-state index in [1.807, 2.05) is 13.8 Å². The van der Waals surface area contributed by atoms with Crippen LogP contribution in [0.4, 0.5) is 0 Å². The molecule has 2 heteroatoms. The summed E-state index contributed by atoms with van der Waals surface area (Å²) in [5.41, 5.74) is 0.0723. The van der Waals surface area contributed by atoms with Crippen molar-refractivity contribution < 1.29 is 9.53 Å². The second-order valence-corrected chi connectivity index (χ2v) is 7.05. The first kappa shape index (κ1) is 16.3. The van der Waals surface area contributed by atoms with E-state index in [2.05, 4.69) is 20.4 Å². The molecule has 19 heavy (non-hydrogen) atoms. The third-order valence-electron chi connectivity index (χ3n) is 4.62. The third-order valence-corrected chi connectivity index (χ3v) is 4.62. The fraction of sp³-hybridized carbons (Fsp3) is 0.824. The average Bonchev–Trinajstić information content (AvgIpc) is 2.28. The number of carbonyl (C=O) groups is 1. The summed E-state index contributed by atoms with van der Waals surface area (Å²) in [5.74, 6) is 1.76. The molecular formula is C17H30O2. The number of hydrogen-bond acceptors (Lipinski definition) is 2. The molecule has 0 amide bonds. The predicted molar refractivity (Wildman–Crippen MR) is 79.9 cm³/mol. The standard InChI is InChI=1S/C17H30O2/c1-12(2)16(18)19-17(5,6)14(4)11-15-9-7-8-13(3)10-15/h13-15H,1,7-11H2,2-6H3. The Morgan fingerprint density at radius 3 is 2.58 bits per heavy atom. The minimum absolute atomic E-state index is 0.270. The SMILES string of the molecule is C=C(C)C(=O)OC(C)(C)C(C)CC1CCCC(C)C1. The molecule has 1 aliphatic carbocycles. The van der Waals surface area contributed by atoms with E-state index < -0.39 is 5.60 Å². The first-order valence-electron chi connectivity index (χ1n) is 7.61. The van der Waals surface area contributed by atoms with Crippen molar-refractivity contribution in [2.45, 2.75) is 72.3 Å². The summed E-state index contributed by atoms with van der Waals surface area (Å²) in [6, 6.07) is 0. The molecule has 0 aliphatic heterocycles. The smallest absolute Gasteiger partial charge is 0.333 e. The van der Waals surface area contributed by atoms with Crippen LogP contribution in [-0.2, 0) is 9.53 Å². The summed E-state index contributed by atoms with van der Waals surface area (Å²) in [4.78, 5) is 11.7. The Balaban J connectivity index is 2.52. The molecule has 3 atom stereocenters. The van der Waals surface area contributed by atoms with Gasteiger partial charge in [-0.15, -0.1) is 0 Å². The van der Waals surface area contributed by atoms with E-state index in [9.17, 15) is 4.79 Å². The molecule has 0 aromatic heterocycles. The third kappa shape index (κ3) is 5.00. The molecule has 3 unspecified atom stereocenters. The Morgan fingerprint density at radius 2 is 2.05 bits per heavy atom. The highest BCUT2D eigenvalue weighted by molar-refractivity contribution is 5.87. The Bertz CT molecular complexity index is 330. The van der Waals surface area contributed by atoms with Crippen LogP contribution in [0.1, 0.15) is 66.7 Å². The number of rotatable bonds is 5. The van der Waals surface area contributed by atoms with E-state index in [1.54, 1.807) is 6.92 Å². The monoisotopic (exact) mass is 266 g/mol. The zero-order chi connectivity index (χ0) is 14.6. The Hall–Kier alpha value is -0.790. The molecular weight excluding hydrogens is 236 g/mol. The topological polar surface area (TPSA) is 26.3 Å². The molecule has 1 fully saturated rings. The normalized spacial score (nSPS) is 25.7. The number of carbonyl (C=O) groups excluding carboxylic acids is 1. The highest BCUT2D eigenvalue weighted by Gasteiger charge is 2.33. The molecule has 0 heterocycles.